The Labute approximate surface area is 85.3 Å². The SMILES string of the molecule is [B][C@@H]1O[C@@]2([C@H](C)OC)CO[C@@H]1[C@@H]2OC. The summed E-state index contributed by atoms with van der Waals surface area (Å²) in [5.74, 6) is 0. The van der Waals surface area contributed by atoms with Gasteiger partial charge in [-0.05, 0) is 6.92 Å². The standard InChI is InChI=1S/C9H15BO4/c1-5(11-2)9-4-13-6(7(9)12-3)8(10)14-9/h5-8H,4H2,1-3H3/t5-,6+,7-,8+,9+/m0/s1. The summed E-state index contributed by atoms with van der Waals surface area (Å²) in [5.41, 5.74) is -0.534. The fourth-order valence-corrected chi connectivity index (χ4v) is 2.34. The van der Waals surface area contributed by atoms with E-state index in [1.165, 1.54) is 0 Å². The third-order valence-corrected chi connectivity index (χ3v) is 3.26. The maximum Gasteiger partial charge on any atom is 0.145 e. The first kappa shape index (κ1) is 10.4. The van der Waals surface area contributed by atoms with Crippen molar-refractivity contribution in [2.75, 3.05) is 20.8 Å². The van der Waals surface area contributed by atoms with E-state index in [1.54, 1.807) is 14.2 Å². The van der Waals surface area contributed by atoms with Crippen LogP contribution in [0.25, 0.3) is 0 Å². The van der Waals surface area contributed by atoms with Crippen LogP contribution in [0.4, 0.5) is 0 Å². The van der Waals surface area contributed by atoms with Crippen molar-refractivity contribution in [1.29, 1.82) is 0 Å². The lowest BCUT2D eigenvalue weighted by molar-refractivity contribution is -0.173. The van der Waals surface area contributed by atoms with Crippen LogP contribution >= 0.6 is 0 Å². The fourth-order valence-electron chi connectivity index (χ4n) is 2.34. The molecule has 0 unspecified atom stereocenters. The largest absolute Gasteiger partial charge is 0.379 e. The van der Waals surface area contributed by atoms with E-state index in [4.69, 9.17) is 26.8 Å². The lowest BCUT2D eigenvalue weighted by Crippen LogP contribution is -2.51. The monoisotopic (exact) mass is 198 g/mol. The molecule has 78 valence electrons. The van der Waals surface area contributed by atoms with E-state index in [-0.39, 0.29) is 18.3 Å². The van der Waals surface area contributed by atoms with Crippen LogP contribution in [0.2, 0.25) is 0 Å². The second-order valence-corrected chi connectivity index (χ2v) is 3.85. The molecule has 2 radical (unpaired) electrons. The van der Waals surface area contributed by atoms with Crippen LogP contribution in [0.1, 0.15) is 6.92 Å². The normalized spacial score (nSPS) is 48.4. The summed E-state index contributed by atoms with van der Waals surface area (Å²) in [5, 5.41) is 0. The highest BCUT2D eigenvalue weighted by Crippen LogP contribution is 2.43. The number of hydrogen-bond acceptors (Lipinski definition) is 4. The molecule has 2 saturated heterocycles. The van der Waals surface area contributed by atoms with E-state index in [9.17, 15) is 0 Å². The van der Waals surface area contributed by atoms with Gasteiger partial charge in [0.15, 0.2) is 0 Å². The van der Waals surface area contributed by atoms with Crippen molar-refractivity contribution in [3.63, 3.8) is 0 Å². The van der Waals surface area contributed by atoms with E-state index in [0.29, 0.717) is 6.61 Å². The zero-order valence-corrected chi connectivity index (χ0v) is 8.73. The zero-order chi connectivity index (χ0) is 10.3. The molecule has 0 aromatic rings. The van der Waals surface area contributed by atoms with E-state index < -0.39 is 11.6 Å². The number of hydrogen-bond donors (Lipinski definition) is 0. The Hall–Kier alpha value is -0.0951. The summed E-state index contributed by atoms with van der Waals surface area (Å²) in [6.45, 7) is 2.43. The van der Waals surface area contributed by atoms with Crippen molar-refractivity contribution in [2.45, 2.75) is 36.8 Å². The highest BCUT2D eigenvalue weighted by Gasteiger charge is 2.62. The van der Waals surface area contributed by atoms with Gasteiger partial charge < -0.3 is 18.9 Å². The van der Waals surface area contributed by atoms with Crippen molar-refractivity contribution < 1.29 is 18.9 Å². The van der Waals surface area contributed by atoms with E-state index in [1.807, 2.05) is 6.92 Å². The van der Waals surface area contributed by atoms with Gasteiger partial charge in [-0.15, -0.1) is 0 Å². The molecule has 0 aromatic heterocycles. The van der Waals surface area contributed by atoms with Gasteiger partial charge in [0.2, 0.25) is 0 Å². The highest BCUT2D eigenvalue weighted by molar-refractivity contribution is 6.11. The molecule has 2 fully saturated rings. The molecule has 2 bridgehead atoms. The van der Waals surface area contributed by atoms with Crippen LogP contribution < -0.4 is 0 Å². The molecular weight excluding hydrogens is 183 g/mol. The Morgan fingerprint density at radius 1 is 1.50 bits per heavy atom. The molecule has 4 nitrogen and oxygen atoms in total. The second-order valence-electron chi connectivity index (χ2n) is 3.85. The Bertz CT molecular complexity index is 225. The van der Waals surface area contributed by atoms with Gasteiger partial charge in [-0.3, -0.25) is 0 Å². The molecular formula is C9H15BO4. The van der Waals surface area contributed by atoms with Crippen molar-refractivity contribution >= 4 is 7.85 Å². The van der Waals surface area contributed by atoms with E-state index in [2.05, 4.69) is 0 Å². The van der Waals surface area contributed by atoms with Crippen LogP contribution in [0.15, 0.2) is 0 Å². The quantitative estimate of drug-likeness (QED) is 0.583. The third kappa shape index (κ3) is 1.16. The van der Waals surface area contributed by atoms with Gasteiger partial charge in [-0.25, -0.2) is 0 Å². The molecule has 2 aliphatic rings. The van der Waals surface area contributed by atoms with Gasteiger partial charge in [-0.1, -0.05) is 0 Å². The van der Waals surface area contributed by atoms with Gasteiger partial charge in [0.25, 0.3) is 0 Å². The van der Waals surface area contributed by atoms with E-state index >= 15 is 0 Å². The Balaban J connectivity index is 2.24. The maximum atomic E-state index is 5.78. The van der Waals surface area contributed by atoms with Crippen molar-refractivity contribution in [3.8, 4) is 0 Å². The first-order chi connectivity index (χ1) is 6.65. The first-order valence-corrected chi connectivity index (χ1v) is 4.76. The molecule has 0 N–H and O–H groups in total. The molecule has 5 atom stereocenters. The van der Waals surface area contributed by atoms with Gasteiger partial charge in [0.05, 0.1) is 12.7 Å². The number of rotatable bonds is 3. The summed E-state index contributed by atoms with van der Waals surface area (Å²) in [6.07, 6.45) is -0.393. The summed E-state index contributed by atoms with van der Waals surface area (Å²) in [6, 6.07) is -0.411. The summed E-state index contributed by atoms with van der Waals surface area (Å²) in [7, 11) is 9.07. The predicted octanol–water partition coefficient (Wildman–Crippen LogP) is -0.301. The van der Waals surface area contributed by atoms with Crippen LogP contribution in [0.3, 0.4) is 0 Å². The number of methoxy groups -OCH3 is 2. The van der Waals surface area contributed by atoms with Gasteiger partial charge >= 0.3 is 0 Å². The predicted molar refractivity (Wildman–Crippen MR) is 50.4 cm³/mol. The summed E-state index contributed by atoms with van der Waals surface area (Å²) < 4.78 is 21.9. The van der Waals surface area contributed by atoms with Gasteiger partial charge in [0.1, 0.15) is 25.7 Å². The molecule has 0 saturated carbocycles. The molecule has 2 aliphatic heterocycles. The molecule has 0 aliphatic carbocycles. The minimum absolute atomic E-state index is 0.0917. The van der Waals surface area contributed by atoms with Crippen LogP contribution in [-0.4, -0.2) is 58.6 Å². The second kappa shape index (κ2) is 3.49. The topological polar surface area (TPSA) is 36.9 Å². The Morgan fingerprint density at radius 2 is 2.21 bits per heavy atom. The molecule has 0 amide bonds. The van der Waals surface area contributed by atoms with Crippen molar-refractivity contribution in [3.05, 3.63) is 0 Å². The average Bonchev–Trinajstić information content (AvgIpc) is 2.68. The highest BCUT2D eigenvalue weighted by atomic mass is 16.7. The van der Waals surface area contributed by atoms with Crippen molar-refractivity contribution in [1.82, 2.24) is 0 Å². The molecule has 2 heterocycles. The Kier molecular flexibility index (Phi) is 2.60. The lowest BCUT2D eigenvalue weighted by Gasteiger charge is -2.35. The van der Waals surface area contributed by atoms with E-state index in [0.717, 1.165) is 0 Å². The zero-order valence-electron chi connectivity index (χ0n) is 8.73. The molecule has 0 aromatic carbocycles. The first-order valence-electron chi connectivity index (χ1n) is 4.76. The average molecular weight is 198 g/mol. The number of fused-ring (bicyclic) bond motifs is 2. The fraction of sp³-hybridized carbons (Fsp3) is 1.00. The minimum atomic E-state index is -0.534. The van der Waals surface area contributed by atoms with Crippen LogP contribution in [0.5, 0.6) is 0 Å². The molecule has 0 spiro atoms. The molecule has 2 rings (SSSR count). The lowest BCUT2D eigenvalue weighted by atomic mass is 9.89. The number of ether oxygens (including phenoxy) is 4. The van der Waals surface area contributed by atoms with Crippen LogP contribution in [0, 0.1) is 0 Å². The van der Waals surface area contributed by atoms with Gasteiger partial charge in [0, 0.05) is 20.2 Å². The molecule has 5 heteroatoms. The summed E-state index contributed by atoms with van der Waals surface area (Å²) in [4.78, 5) is 0. The van der Waals surface area contributed by atoms with Gasteiger partial charge in [-0.2, -0.15) is 0 Å². The molecule has 14 heavy (non-hydrogen) atoms. The minimum Gasteiger partial charge on any atom is -0.379 e. The Morgan fingerprint density at radius 3 is 2.71 bits per heavy atom. The third-order valence-electron chi connectivity index (χ3n) is 3.26. The smallest absolute Gasteiger partial charge is 0.145 e. The summed E-state index contributed by atoms with van der Waals surface area (Å²) >= 11 is 0. The van der Waals surface area contributed by atoms with Crippen molar-refractivity contribution in [2.24, 2.45) is 0 Å². The maximum absolute atomic E-state index is 5.78. The van der Waals surface area contributed by atoms with Crippen LogP contribution in [-0.2, 0) is 18.9 Å².